The summed E-state index contributed by atoms with van der Waals surface area (Å²) < 4.78 is 11.6. The van der Waals surface area contributed by atoms with Crippen LogP contribution >= 0.6 is 0 Å². The molecule has 1 aliphatic heterocycles. The summed E-state index contributed by atoms with van der Waals surface area (Å²) in [4.78, 5) is 18.3. The van der Waals surface area contributed by atoms with Gasteiger partial charge >= 0.3 is 0 Å². The van der Waals surface area contributed by atoms with E-state index in [-0.39, 0.29) is 24.0 Å². The van der Waals surface area contributed by atoms with Crippen LogP contribution in [0.4, 0.5) is 5.69 Å². The fourth-order valence-corrected chi connectivity index (χ4v) is 5.40. The average molecular weight is 580 g/mol. The molecular formula is C35H37N3O5. The molecule has 1 unspecified atom stereocenters. The number of rotatable bonds is 9. The second kappa shape index (κ2) is 12.6. The maximum absolute atomic E-state index is 13.7. The van der Waals surface area contributed by atoms with Gasteiger partial charge in [-0.2, -0.15) is 0 Å². The molecule has 2 aliphatic rings. The molecule has 0 radical (unpaired) electrons. The fourth-order valence-electron chi connectivity index (χ4n) is 5.40. The Morgan fingerprint density at radius 3 is 2.53 bits per heavy atom. The number of hydrogen-bond donors (Lipinski definition) is 4. The smallest absolute Gasteiger partial charge is 0.252 e. The highest BCUT2D eigenvalue weighted by Gasteiger charge is 2.23. The average Bonchev–Trinajstić information content (AvgIpc) is 3.00. The number of phenols is 1. The Kier molecular flexibility index (Phi) is 8.68. The maximum Gasteiger partial charge on any atom is 0.252 e. The van der Waals surface area contributed by atoms with Crippen LogP contribution in [-0.4, -0.2) is 42.9 Å². The molecule has 0 saturated carbocycles. The number of fused-ring (bicyclic) bond motifs is 2. The Bertz CT molecular complexity index is 1840. The number of nitrogens with one attached hydrogen (secondary N) is 2. The van der Waals surface area contributed by atoms with Crippen molar-refractivity contribution >= 4 is 22.6 Å². The second-order valence-electron chi connectivity index (χ2n) is 10.5. The number of anilines is 1. The summed E-state index contributed by atoms with van der Waals surface area (Å²) in [5, 5.41) is 28.8. The normalized spacial score (nSPS) is 12.5. The molecule has 0 aromatic heterocycles. The lowest BCUT2D eigenvalue weighted by Gasteiger charge is -2.20. The minimum Gasteiger partial charge on any atom is -0.504 e. The van der Waals surface area contributed by atoms with E-state index in [1.165, 1.54) is 13.2 Å². The van der Waals surface area contributed by atoms with Gasteiger partial charge in [0, 0.05) is 59.5 Å². The van der Waals surface area contributed by atoms with Crippen LogP contribution in [0.5, 0.6) is 11.5 Å². The fraction of sp³-hybridized carbons (Fsp3) is 0.257. The molecule has 0 bridgehead atoms. The molecule has 1 aliphatic carbocycles. The summed E-state index contributed by atoms with van der Waals surface area (Å²) in [7, 11) is 1.44. The van der Waals surface area contributed by atoms with E-state index in [2.05, 4.69) is 41.6 Å². The van der Waals surface area contributed by atoms with Crippen molar-refractivity contribution in [2.75, 3.05) is 32.1 Å². The number of phenolic OH excluding ortho intramolecular Hbond substituents is 1. The number of aromatic hydroxyl groups is 1. The zero-order chi connectivity index (χ0) is 30.7. The van der Waals surface area contributed by atoms with Crippen molar-refractivity contribution in [2.24, 2.45) is 4.99 Å². The number of carbonyl (C=O) groups excluding carboxylic acids is 1. The molecule has 222 valence electrons. The van der Waals surface area contributed by atoms with Crippen molar-refractivity contribution in [2.45, 2.75) is 33.8 Å². The third-order valence-corrected chi connectivity index (χ3v) is 7.56. The minimum atomic E-state index is -1.00. The molecule has 4 N–H and O–H groups in total. The molecule has 8 nitrogen and oxygen atoms in total. The SMILES string of the molecule is CCN=c1cc2oc3cc(NCC)c(C)cc3c(-c3ccccc3C(=O)NCC(O)c3ccc(O)c(OC)c3)c-2cc1C. The van der Waals surface area contributed by atoms with Gasteiger partial charge < -0.3 is 30.0 Å². The van der Waals surface area contributed by atoms with Gasteiger partial charge in [-0.05, 0) is 80.3 Å². The van der Waals surface area contributed by atoms with Crippen LogP contribution in [0, 0.1) is 13.8 Å². The molecule has 8 heteroatoms. The van der Waals surface area contributed by atoms with E-state index in [0.29, 0.717) is 29.0 Å². The van der Waals surface area contributed by atoms with Crippen molar-refractivity contribution < 1.29 is 24.2 Å². The van der Waals surface area contributed by atoms with E-state index in [0.717, 1.165) is 50.8 Å². The Balaban J connectivity index is 1.62. The number of methoxy groups -OCH3 is 1. The van der Waals surface area contributed by atoms with Gasteiger partial charge in [0.25, 0.3) is 5.91 Å². The maximum atomic E-state index is 13.7. The lowest BCUT2D eigenvalue weighted by Crippen LogP contribution is -2.28. The molecule has 5 rings (SSSR count). The first-order valence-corrected chi connectivity index (χ1v) is 14.4. The Hall–Kier alpha value is -4.82. The molecule has 43 heavy (non-hydrogen) atoms. The monoisotopic (exact) mass is 579 g/mol. The highest BCUT2D eigenvalue weighted by atomic mass is 16.5. The summed E-state index contributed by atoms with van der Waals surface area (Å²) >= 11 is 0. The minimum absolute atomic E-state index is 0.0241. The molecule has 0 spiro atoms. The zero-order valence-electron chi connectivity index (χ0n) is 25.1. The standard InChI is InChI=1S/C35H37N3O5/c1-6-36-27-17-31-25(14-20(27)3)34(26-15-21(4)28(37-7-2)18-32(26)43-31)23-10-8-9-11-24(23)35(41)38-19-30(40)22-12-13-29(39)33(16-22)42-5/h8-18,30,36,39-40H,6-7,19H2,1-5H3,(H,38,41). The van der Waals surface area contributed by atoms with E-state index in [9.17, 15) is 15.0 Å². The van der Waals surface area contributed by atoms with Gasteiger partial charge in [0.15, 0.2) is 11.5 Å². The van der Waals surface area contributed by atoms with E-state index in [4.69, 9.17) is 9.15 Å². The Morgan fingerprint density at radius 1 is 1.00 bits per heavy atom. The molecule has 3 aromatic rings. The number of ether oxygens (including phenoxy) is 1. The number of benzene rings is 4. The van der Waals surface area contributed by atoms with E-state index < -0.39 is 6.10 Å². The Labute approximate surface area is 251 Å². The lowest BCUT2D eigenvalue weighted by molar-refractivity contribution is 0.0917. The second-order valence-corrected chi connectivity index (χ2v) is 10.5. The first-order valence-electron chi connectivity index (χ1n) is 14.4. The molecular weight excluding hydrogens is 542 g/mol. The topological polar surface area (TPSA) is 116 Å². The van der Waals surface area contributed by atoms with Gasteiger partial charge in [-0.1, -0.05) is 24.3 Å². The van der Waals surface area contributed by atoms with Crippen molar-refractivity contribution in [3.63, 3.8) is 0 Å². The predicted octanol–water partition coefficient (Wildman–Crippen LogP) is 6.35. The number of aliphatic hydroxyl groups excluding tert-OH is 1. The van der Waals surface area contributed by atoms with Crippen LogP contribution in [0.3, 0.4) is 0 Å². The van der Waals surface area contributed by atoms with Gasteiger partial charge in [-0.25, -0.2) is 0 Å². The number of aliphatic hydroxyl groups is 1. The largest absolute Gasteiger partial charge is 0.504 e. The molecule has 1 heterocycles. The number of hydrogen-bond acceptors (Lipinski definition) is 7. The third-order valence-electron chi connectivity index (χ3n) is 7.56. The quantitative estimate of drug-likeness (QED) is 0.151. The first-order chi connectivity index (χ1) is 20.7. The molecule has 3 aromatic carbocycles. The van der Waals surface area contributed by atoms with Crippen molar-refractivity contribution in [1.29, 1.82) is 0 Å². The number of aryl methyl sites for hydroxylation is 2. The summed E-state index contributed by atoms with van der Waals surface area (Å²) in [6, 6.07) is 20.2. The van der Waals surface area contributed by atoms with Crippen LogP contribution in [0.1, 0.15) is 47.0 Å². The highest BCUT2D eigenvalue weighted by molar-refractivity contribution is 6.09. The van der Waals surface area contributed by atoms with Gasteiger partial charge in [0.05, 0.1) is 18.6 Å². The number of amides is 1. The molecule has 0 fully saturated rings. The van der Waals surface area contributed by atoms with Crippen LogP contribution in [-0.2, 0) is 0 Å². The third kappa shape index (κ3) is 5.92. The number of nitrogens with zero attached hydrogens (tertiary/aromatic N) is 1. The van der Waals surface area contributed by atoms with Crippen molar-refractivity contribution in [3.05, 3.63) is 94.3 Å². The first kappa shape index (κ1) is 29.7. The molecule has 0 saturated heterocycles. The number of carbonyl (C=O) groups is 1. The van der Waals surface area contributed by atoms with Gasteiger partial charge in [0.1, 0.15) is 11.3 Å². The van der Waals surface area contributed by atoms with Gasteiger partial charge in [-0.3, -0.25) is 9.79 Å². The van der Waals surface area contributed by atoms with Crippen LogP contribution < -0.4 is 20.7 Å². The van der Waals surface area contributed by atoms with Crippen molar-refractivity contribution in [1.82, 2.24) is 5.32 Å². The summed E-state index contributed by atoms with van der Waals surface area (Å²) in [6.45, 7) is 9.54. The van der Waals surface area contributed by atoms with Crippen LogP contribution in [0.15, 0.2) is 76.1 Å². The van der Waals surface area contributed by atoms with Gasteiger partial charge in [0.2, 0.25) is 0 Å². The van der Waals surface area contributed by atoms with E-state index in [1.54, 1.807) is 18.2 Å². The summed E-state index contributed by atoms with van der Waals surface area (Å²) in [5.41, 5.74) is 7.27. The summed E-state index contributed by atoms with van der Waals surface area (Å²) in [5.74, 6) is 0.583. The van der Waals surface area contributed by atoms with E-state index in [1.807, 2.05) is 44.2 Å². The summed E-state index contributed by atoms with van der Waals surface area (Å²) in [6.07, 6.45) is -1.00. The van der Waals surface area contributed by atoms with Crippen LogP contribution in [0.25, 0.3) is 33.4 Å². The zero-order valence-corrected chi connectivity index (χ0v) is 25.1. The lowest BCUT2D eigenvalue weighted by atomic mass is 9.89. The van der Waals surface area contributed by atoms with Crippen LogP contribution in [0.2, 0.25) is 0 Å². The highest BCUT2D eigenvalue weighted by Crippen LogP contribution is 2.43. The van der Waals surface area contributed by atoms with Crippen molar-refractivity contribution in [3.8, 4) is 33.9 Å². The molecule has 1 atom stereocenters. The van der Waals surface area contributed by atoms with Gasteiger partial charge in [-0.15, -0.1) is 0 Å². The Morgan fingerprint density at radius 2 is 1.79 bits per heavy atom. The van der Waals surface area contributed by atoms with E-state index >= 15 is 0 Å². The predicted molar refractivity (Wildman–Crippen MR) is 170 cm³/mol. The molecule has 1 amide bonds.